The van der Waals surface area contributed by atoms with E-state index in [4.69, 9.17) is 0 Å². The molecule has 1 fully saturated rings. The molecule has 1 aliphatic rings. The van der Waals surface area contributed by atoms with Crippen LogP contribution in [0.2, 0.25) is 0 Å². The Morgan fingerprint density at radius 2 is 1.76 bits per heavy atom. The second-order valence-electron chi connectivity index (χ2n) is 5.37. The third kappa shape index (κ3) is 9.92. The minimum absolute atomic E-state index is 0. The smallest absolute Gasteiger partial charge is 0.241 e. The number of amides is 1. The van der Waals surface area contributed by atoms with Crippen LogP contribution in [0.4, 0.5) is 0 Å². The monoisotopic (exact) mass is 410 g/mol. The molecule has 0 spiro atoms. The molecule has 124 valence electrons. The summed E-state index contributed by atoms with van der Waals surface area (Å²) in [6.45, 7) is 6.52. The highest BCUT2D eigenvalue weighted by Gasteiger charge is 2.13. The topological polar surface area (TPSA) is 65.5 Å². The Kier molecular flexibility index (Phi) is 12.8. The maximum atomic E-state index is 11.4. The summed E-state index contributed by atoms with van der Waals surface area (Å²) >= 11 is 0. The first-order valence-electron chi connectivity index (χ1n) is 8.05. The van der Waals surface area contributed by atoms with E-state index >= 15 is 0 Å². The number of nitrogens with zero attached hydrogens (tertiary/aromatic N) is 1. The molecule has 0 aliphatic heterocycles. The Bertz CT molecular complexity index is 304. The Labute approximate surface area is 146 Å². The molecule has 1 saturated carbocycles. The maximum Gasteiger partial charge on any atom is 0.241 e. The van der Waals surface area contributed by atoms with E-state index in [-0.39, 0.29) is 36.4 Å². The zero-order valence-electron chi connectivity index (χ0n) is 13.4. The van der Waals surface area contributed by atoms with Gasteiger partial charge in [-0.1, -0.05) is 25.7 Å². The van der Waals surface area contributed by atoms with Gasteiger partial charge in [-0.25, -0.2) is 4.99 Å². The predicted molar refractivity (Wildman–Crippen MR) is 99.3 cm³/mol. The first kappa shape index (κ1) is 20.5. The Morgan fingerprint density at radius 3 is 2.38 bits per heavy atom. The number of guanidine groups is 1. The van der Waals surface area contributed by atoms with E-state index in [1.165, 1.54) is 38.5 Å². The van der Waals surface area contributed by atoms with Crippen molar-refractivity contribution in [1.82, 2.24) is 16.0 Å². The Hall–Kier alpha value is -0.530. The molecular formula is C15H31IN4O. The van der Waals surface area contributed by atoms with Crippen molar-refractivity contribution in [3.8, 4) is 0 Å². The van der Waals surface area contributed by atoms with Crippen molar-refractivity contribution >= 4 is 35.8 Å². The van der Waals surface area contributed by atoms with Gasteiger partial charge in [-0.05, 0) is 32.6 Å². The summed E-state index contributed by atoms with van der Waals surface area (Å²) in [7, 11) is 0. The number of rotatable bonds is 8. The molecule has 1 rings (SSSR count). The highest BCUT2D eigenvalue weighted by Crippen LogP contribution is 2.28. The molecule has 1 amide bonds. The van der Waals surface area contributed by atoms with Crippen molar-refractivity contribution in [3.63, 3.8) is 0 Å². The average molecular weight is 410 g/mol. The largest absolute Gasteiger partial charge is 0.357 e. The van der Waals surface area contributed by atoms with E-state index < -0.39 is 0 Å². The van der Waals surface area contributed by atoms with E-state index in [1.807, 2.05) is 13.8 Å². The van der Waals surface area contributed by atoms with Crippen LogP contribution in [0.15, 0.2) is 4.99 Å². The molecule has 6 heteroatoms. The minimum Gasteiger partial charge on any atom is -0.357 e. The second-order valence-corrected chi connectivity index (χ2v) is 5.37. The van der Waals surface area contributed by atoms with Crippen LogP contribution in [-0.4, -0.2) is 38.0 Å². The zero-order valence-corrected chi connectivity index (χ0v) is 15.7. The predicted octanol–water partition coefficient (Wildman–Crippen LogP) is 2.27. The fourth-order valence-corrected chi connectivity index (χ4v) is 2.64. The Morgan fingerprint density at radius 1 is 1.10 bits per heavy atom. The first-order chi connectivity index (χ1) is 9.76. The lowest BCUT2D eigenvalue weighted by molar-refractivity contribution is -0.119. The summed E-state index contributed by atoms with van der Waals surface area (Å²) in [4.78, 5) is 15.7. The number of hydrogen-bond donors (Lipinski definition) is 3. The lowest BCUT2D eigenvalue weighted by Crippen LogP contribution is -2.39. The summed E-state index contributed by atoms with van der Waals surface area (Å²) in [6.07, 6.45) is 8.12. The maximum absolute atomic E-state index is 11.4. The summed E-state index contributed by atoms with van der Waals surface area (Å²) in [6, 6.07) is 0. The van der Waals surface area contributed by atoms with Gasteiger partial charge in [-0.2, -0.15) is 0 Å². The molecular weight excluding hydrogens is 379 g/mol. The third-order valence-electron chi connectivity index (χ3n) is 3.66. The van der Waals surface area contributed by atoms with Crippen molar-refractivity contribution in [2.75, 3.05) is 26.2 Å². The van der Waals surface area contributed by atoms with Crippen LogP contribution >= 0.6 is 24.0 Å². The van der Waals surface area contributed by atoms with Crippen LogP contribution in [0.25, 0.3) is 0 Å². The molecule has 5 nitrogen and oxygen atoms in total. The number of nitrogens with one attached hydrogen (secondary N) is 3. The van der Waals surface area contributed by atoms with Crippen LogP contribution in [0, 0.1) is 5.92 Å². The summed E-state index contributed by atoms with van der Waals surface area (Å²) in [5.74, 6) is 1.65. The van der Waals surface area contributed by atoms with E-state index in [9.17, 15) is 4.79 Å². The zero-order chi connectivity index (χ0) is 14.6. The van der Waals surface area contributed by atoms with E-state index in [0.717, 1.165) is 25.0 Å². The highest BCUT2D eigenvalue weighted by atomic mass is 127. The van der Waals surface area contributed by atoms with Crippen LogP contribution < -0.4 is 16.0 Å². The summed E-state index contributed by atoms with van der Waals surface area (Å²) in [5, 5.41) is 9.21. The lowest BCUT2D eigenvalue weighted by Gasteiger charge is -2.12. The van der Waals surface area contributed by atoms with Gasteiger partial charge in [0.2, 0.25) is 5.91 Å². The molecule has 0 unspecified atom stereocenters. The molecule has 0 saturated heterocycles. The molecule has 21 heavy (non-hydrogen) atoms. The molecule has 0 radical (unpaired) electrons. The van der Waals surface area contributed by atoms with Gasteiger partial charge in [-0.3, -0.25) is 4.79 Å². The van der Waals surface area contributed by atoms with Gasteiger partial charge < -0.3 is 16.0 Å². The van der Waals surface area contributed by atoms with Crippen molar-refractivity contribution < 1.29 is 4.79 Å². The van der Waals surface area contributed by atoms with Crippen LogP contribution in [0.1, 0.15) is 52.4 Å². The van der Waals surface area contributed by atoms with Gasteiger partial charge in [0.05, 0.1) is 0 Å². The molecule has 0 aromatic rings. The number of halogens is 1. The van der Waals surface area contributed by atoms with Gasteiger partial charge in [0.15, 0.2) is 5.96 Å². The van der Waals surface area contributed by atoms with Crippen LogP contribution in [-0.2, 0) is 4.79 Å². The molecule has 0 heterocycles. The molecule has 0 atom stereocenters. The average Bonchev–Trinajstić information content (AvgIpc) is 2.94. The lowest BCUT2D eigenvalue weighted by atomic mass is 10.0. The SMILES string of the molecule is CCNC(=O)CN=C(NCC)NCCCC1CCCC1.I. The van der Waals surface area contributed by atoms with Crippen LogP contribution in [0.5, 0.6) is 0 Å². The standard InChI is InChI=1S/C15H30N4O.HI/c1-3-16-14(20)12-19-15(17-4-2)18-11-7-10-13-8-5-6-9-13;/h13H,3-12H2,1-2H3,(H,16,20)(H2,17,18,19);1H. The summed E-state index contributed by atoms with van der Waals surface area (Å²) < 4.78 is 0. The second kappa shape index (κ2) is 13.2. The van der Waals surface area contributed by atoms with Crippen molar-refractivity contribution in [1.29, 1.82) is 0 Å². The fourth-order valence-electron chi connectivity index (χ4n) is 2.64. The molecule has 0 bridgehead atoms. The number of hydrogen-bond acceptors (Lipinski definition) is 2. The molecule has 0 aromatic carbocycles. The number of aliphatic imine (C=N–C) groups is 1. The van der Waals surface area contributed by atoms with E-state index in [1.54, 1.807) is 0 Å². The number of carbonyl (C=O) groups excluding carboxylic acids is 1. The molecule has 3 N–H and O–H groups in total. The van der Waals surface area contributed by atoms with Gasteiger partial charge in [0.1, 0.15) is 6.54 Å². The highest BCUT2D eigenvalue weighted by molar-refractivity contribution is 14.0. The van der Waals surface area contributed by atoms with Crippen molar-refractivity contribution in [3.05, 3.63) is 0 Å². The molecule has 1 aliphatic carbocycles. The van der Waals surface area contributed by atoms with Crippen molar-refractivity contribution in [2.45, 2.75) is 52.4 Å². The van der Waals surface area contributed by atoms with Gasteiger partial charge >= 0.3 is 0 Å². The molecule has 0 aromatic heterocycles. The summed E-state index contributed by atoms with van der Waals surface area (Å²) in [5.41, 5.74) is 0. The van der Waals surface area contributed by atoms with Crippen LogP contribution in [0.3, 0.4) is 0 Å². The van der Waals surface area contributed by atoms with Crippen molar-refractivity contribution in [2.24, 2.45) is 10.9 Å². The van der Waals surface area contributed by atoms with E-state index in [2.05, 4.69) is 20.9 Å². The first-order valence-corrected chi connectivity index (χ1v) is 8.05. The van der Waals surface area contributed by atoms with Gasteiger partial charge in [-0.15, -0.1) is 24.0 Å². The Balaban J connectivity index is 0.00000400. The fraction of sp³-hybridized carbons (Fsp3) is 0.867. The minimum atomic E-state index is -0.0318. The van der Waals surface area contributed by atoms with Gasteiger partial charge in [0.25, 0.3) is 0 Å². The third-order valence-corrected chi connectivity index (χ3v) is 3.66. The van der Waals surface area contributed by atoms with E-state index in [0.29, 0.717) is 6.54 Å². The normalized spacial score (nSPS) is 15.4. The number of likely N-dealkylation sites (N-methyl/N-ethyl adjacent to an activating group) is 1. The number of carbonyl (C=O) groups is 1. The van der Waals surface area contributed by atoms with Gasteiger partial charge in [0, 0.05) is 19.6 Å². The quantitative estimate of drug-likeness (QED) is 0.249.